The predicted octanol–water partition coefficient (Wildman–Crippen LogP) is 3.17. The maximum absolute atomic E-state index is 5.80. The lowest BCUT2D eigenvalue weighted by molar-refractivity contribution is -0.0892. The summed E-state index contributed by atoms with van der Waals surface area (Å²) in [7, 11) is 1.82. The molecule has 112 valence electrons. The van der Waals surface area contributed by atoms with Gasteiger partial charge in [0.2, 0.25) is 0 Å². The van der Waals surface area contributed by atoms with E-state index in [2.05, 4.69) is 49.5 Å². The standard InChI is InChI=1S/C17H27NO2/c1-14(2)16(15-7-5-4-6-8-15)18-13-17(19-3)9-11-20-12-10-17/h4-8,14,16,18H,9-13H2,1-3H3. The first-order valence-corrected chi connectivity index (χ1v) is 7.58. The molecule has 0 saturated carbocycles. The highest BCUT2D eigenvalue weighted by Gasteiger charge is 2.33. The molecule has 1 saturated heterocycles. The number of rotatable bonds is 6. The molecular weight excluding hydrogens is 250 g/mol. The van der Waals surface area contributed by atoms with Gasteiger partial charge in [0, 0.05) is 45.8 Å². The van der Waals surface area contributed by atoms with E-state index < -0.39 is 0 Å². The smallest absolute Gasteiger partial charge is 0.0846 e. The van der Waals surface area contributed by atoms with Crippen molar-refractivity contribution in [2.75, 3.05) is 26.9 Å². The van der Waals surface area contributed by atoms with Crippen molar-refractivity contribution in [3.8, 4) is 0 Å². The van der Waals surface area contributed by atoms with Gasteiger partial charge in [-0.05, 0) is 11.5 Å². The Hall–Kier alpha value is -0.900. The molecule has 1 heterocycles. The SMILES string of the molecule is COC1(CNC(c2ccccc2)C(C)C)CCOCC1. The van der Waals surface area contributed by atoms with Crippen LogP contribution in [0.25, 0.3) is 0 Å². The number of benzene rings is 1. The Morgan fingerprint density at radius 2 is 1.85 bits per heavy atom. The molecule has 1 aliphatic rings. The highest BCUT2D eigenvalue weighted by Crippen LogP contribution is 2.27. The summed E-state index contributed by atoms with van der Waals surface area (Å²) in [5.41, 5.74) is 1.28. The van der Waals surface area contributed by atoms with E-state index in [9.17, 15) is 0 Å². The third-order valence-corrected chi connectivity index (χ3v) is 4.31. The van der Waals surface area contributed by atoms with Crippen molar-refractivity contribution < 1.29 is 9.47 Å². The molecule has 2 rings (SSSR count). The summed E-state index contributed by atoms with van der Waals surface area (Å²) in [5.74, 6) is 0.547. The first-order chi connectivity index (χ1) is 9.67. The molecule has 1 atom stereocenters. The monoisotopic (exact) mass is 277 g/mol. The molecule has 3 nitrogen and oxygen atoms in total. The quantitative estimate of drug-likeness (QED) is 0.866. The maximum atomic E-state index is 5.80. The molecule has 20 heavy (non-hydrogen) atoms. The fraction of sp³-hybridized carbons (Fsp3) is 0.647. The van der Waals surface area contributed by atoms with Gasteiger partial charge in [-0.1, -0.05) is 44.2 Å². The van der Waals surface area contributed by atoms with E-state index in [4.69, 9.17) is 9.47 Å². The predicted molar refractivity (Wildman–Crippen MR) is 81.8 cm³/mol. The largest absolute Gasteiger partial charge is 0.381 e. The molecule has 1 aliphatic heterocycles. The summed E-state index contributed by atoms with van der Waals surface area (Å²) < 4.78 is 11.3. The average molecular weight is 277 g/mol. The zero-order valence-corrected chi connectivity index (χ0v) is 12.9. The van der Waals surface area contributed by atoms with Crippen molar-refractivity contribution in [1.82, 2.24) is 5.32 Å². The van der Waals surface area contributed by atoms with Crippen LogP contribution in [-0.4, -0.2) is 32.5 Å². The molecule has 1 fully saturated rings. The minimum atomic E-state index is -0.0693. The Balaban J connectivity index is 2.02. The second-order valence-electron chi connectivity index (χ2n) is 6.01. The number of ether oxygens (including phenoxy) is 2. The lowest BCUT2D eigenvalue weighted by Gasteiger charge is -2.38. The Bertz CT molecular complexity index is 385. The zero-order valence-electron chi connectivity index (χ0n) is 12.9. The first-order valence-electron chi connectivity index (χ1n) is 7.58. The molecule has 0 amide bonds. The van der Waals surface area contributed by atoms with Crippen LogP contribution in [0.4, 0.5) is 0 Å². The molecule has 1 aromatic carbocycles. The molecule has 1 aromatic rings. The van der Waals surface area contributed by atoms with E-state index in [1.54, 1.807) is 0 Å². The topological polar surface area (TPSA) is 30.5 Å². The van der Waals surface area contributed by atoms with Crippen molar-refractivity contribution in [1.29, 1.82) is 0 Å². The van der Waals surface area contributed by atoms with Crippen LogP contribution in [0.3, 0.4) is 0 Å². The van der Waals surface area contributed by atoms with Crippen LogP contribution >= 0.6 is 0 Å². The van der Waals surface area contributed by atoms with Gasteiger partial charge >= 0.3 is 0 Å². The van der Waals surface area contributed by atoms with Crippen molar-refractivity contribution in [2.24, 2.45) is 5.92 Å². The number of nitrogens with one attached hydrogen (secondary N) is 1. The molecule has 0 aromatic heterocycles. The number of hydrogen-bond donors (Lipinski definition) is 1. The minimum Gasteiger partial charge on any atom is -0.381 e. The van der Waals surface area contributed by atoms with Crippen LogP contribution < -0.4 is 5.32 Å². The highest BCUT2D eigenvalue weighted by atomic mass is 16.5. The van der Waals surface area contributed by atoms with E-state index in [0.717, 1.165) is 32.6 Å². The van der Waals surface area contributed by atoms with Gasteiger partial charge in [0.05, 0.1) is 5.60 Å². The van der Waals surface area contributed by atoms with Crippen LogP contribution in [0.5, 0.6) is 0 Å². The minimum absolute atomic E-state index is 0.0693. The Kier molecular flexibility index (Phi) is 5.58. The van der Waals surface area contributed by atoms with Crippen molar-refractivity contribution in [2.45, 2.75) is 38.3 Å². The Morgan fingerprint density at radius 3 is 2.40 bits per heavy atom. The number of hydrogen-bond acceptors (Lipinski definition) is 3. The van der Waals surface area contributed by atoms with Crippen LogP contribution in [-0.2, 0) is 9.47 Å². The van der Waals surface area contributed by atoms with Gasteiger partial charge in [-0.2, -0.15) is 0 Å². The van der Waals surface area contributed by atoms with Gasteiger partial charge in [-0.3, -0.25) is 0 Å². The van der Waals surface area contributed by atoms with Crippen molar-refractivity contribution in [3.05, 3.63) is 35.9 Å². The fourth-order valence-electron chi connectivity index (χ4n) is 2.89. The lowest BCUT2D eigenvalue weighted by Crippen LogP contribution is -2.48. The number of methoxy groups -OCH3 is 1. The summed E-state index contributed by atoms with van der Waals surface area (Å²) >= 11 is 0. The fourth-order valence-corrected chi connectivity index (χ4v) is 2.89. The van der Waals surface area contributed by atoms with Gasteiger partial charge in [-0.25, -0.2) is 0 Å². The zero-order chi connectivity index (χ0) is 14.4. The third kappa shape index (κ3) is 3.81. The van der Waals surface area contributed by atoms with Crippen molar-refractivity contribution >= 4 is 0 Å². The average Bonchev–Trinajstić information content (AvgIpc) is 2.49. The second kappa shape index (κ2) is 7.21. The van der Waals surface area contributed by atoms with E-state index >= 15 is 0 Å². The van der Waals surface area contributed by atoms with Crippen LogP contribution in [0.2, 0.25) is 0 Å². The lowest BCUT2D eigenvalue weighted by atomic mass is 9.91. The van der Waals surface area contributed by atoms with E-state index in [1.807, 2.05) is 7.11 Å². The van der Waals surface area contributed by atoms with E-state index in [1.165, 1.54) is 5.56 Å². The van der Waals surface area contributed by atoms with Gasteiger partial charge in [0.25, 0.3) is 0 Å². The summed E-state index contributed by atoms with van der Waals surface area (Å²) in [6.45, 7) is 6.99. The molecule has 0 bridgehead atoms. The third-order valence-electron chi connectivity index (χ3n) is 4.31. The maximum Gasteiger partial charge on any atom is 0.0846 e. The van der Waals surface area contributed by atoms with Crippen LogP contribution in [0.15, 0.2) is 30.3 Å². The summed E-state index contributed by atoms with van der Waals surface area (Å²) in [4.78, 5) is 0. The molecule has 0 radical (unpaired) electrons. The van der Waals surface area contributed by atoms with Gasteiger partial charge in [-0.15, -0.1) is 0 Å². The van der Waals surface area contributed by atoms with E-state index in [-0.39, 0.29) is 5.60 Å². The molecule has 0 aliphatic carbocycles. The Morgan fingerprint density at radius 1 is 1.20 bits per heavy atom. The van der Waals surface area contributed by atoms with Crippen LogP contribution in [0, 0.1) is 5.92 Å². The summed E-state index contributed by atoms with van der Waals surface area (Å²) in [6, 6.07) is 11.0. The molecule has 1 N–H and O–H groups in total. The molecule has 1 unspecified atom stereocenters. The van der Waals surface area contributed by atoms with Gasteiger partial charge in [0.1, 0.15) is 0 Å². The first kappa shape index (κ1) is 15.5. The van der Waals surface area contributed by atoms with E-state index in [0.29, 0.717) is 12.0 Å². The van der Waals surface area contributed by atoms with Crippen LogP contribution in [0.1, 0.15) is 38.3 Å². The normalized spacial score (nSPS) is 20.0. The summed E-state index contributed by atoms with van der Waals surface area (Å²) in [5, 5.41) is 3.72. The highest BCUT2D eigenvalue weighted by molar-refractivity contribution is 5.19. The van der Waals surface area contributed by atoms with Gasteiger partial charge < -0.3 is 14.8 Å². The molecular formula is C17H27NO2. The Labute approximate surface area is 122 Å². The second-order valence-corrected chi connectivity index (χ2v) is 6.01. The van der Waals surface area contributed by atoms with Gasteiger partial charge in [0.15, 0.2) is 0 Å². The van der Waals surface area contributed by atoms with Crippen molar-refractivity contribution in [3.63, 3.8) is 0 Å². The molecule has 3 heteroatoms. The molecule has 0 spiro atoms. The summed E-state index contributed by atoms with van der Waals surface area (Å²) in [6.07, 6.45) is 1.94.